The first-order valence-corrected chi connectivity index (χ1v) is 9.69. The van der Waals surface area contributed by atoms with Crippen molar-refractivity contribution < 1.29 is 9.18 Å². The molecule has 1 saturated carbocycles. The Morgan fingerprint density at radius 3 is 2.74 bits per heavy atom. The number of benzene rings is 2. The van der Waals surface area contributed by atoms with Gasteiger partial charge in [-0.05, 0) is 61.3 Å². The van der Waals surface area contributed by atoms with Gasteiger partial charge in [0.05, 0.1) is 0 Å². The average Bonchev–Trinajstić information content (AvgIpc) is 3.11. The molecule has 4 N–H and O–H groups in total. The Labute approximate surface area is 160 Å². The van der Waals surface area contributed by atoms with Gasteiger partial charge in [0.1, 0.15) is 5.82 Å². The third-order valence-corrected chi connectivity index (χ3v) is 5.23. The molecule has 0 heterocycles. The Morgan fingerprint density at radius 2 is 1.96 bits per heavy atom. The van der Waals surface area contributed by atoms with Gasteiger partial charge in [-0.15, -0.1) is 0 Å². The van der Waals surface area contributed by atoms with E-state index in [9.17, 15) is 9.18 Å². The van der Waals surface area contributed by atoms with Gasteiger partial charge in [-0.1, -0.05) is 42.5 Å². The van der Waals surface area contributed by atoms with Crippen molar-refractivity contribution in [2.75, 3.05) is 6.54 Å². The van der Waals surface area contributed by atoms with Gasteiger partial charge >= 0.3 is 6.03 Å². The maximum atomic E-state index is 13.4. The van der Waals surface area contributed by atoms with Crippen LogP contribution in [0.5, 0.6) is 0 Å². The fourth-order valence-corrected chi connectivity index (χ4v) is 3.80. The zero-order valence-corrected chi connectivity index (χ0v) is 15.5. The van der Waals surface area contributed by atoms with Crippen molar-refractivity contribution in [2.45, 2.75) is 50.1 Å². The Hall–Kier alpha value is -2.40. The van der Waals surface area contributed by atoms with Crippen LogP contribution in [0.3, 0.4) is 0 Å². The second-order valence-electron chi connectivity index (χ2n) is 7.40. The number of hydrogen-bond acceptors (Lipinski definition) is 2. The number of nitrogens with two attached hydrogens (primary N) is 1. The predicted octanol–water partition coefficient (Wildman–Crippen LogP) is 3.72. The molecule has 2 amide bonds. The van der Waals surface area contributed by atoms with Gasteiger partial charge in [-0.2, -0.15) is 0 Å². The largest absolute Gasteiger partial charge is 0.338 e. The smallest absolute Gasteiger partial charge is 0.315 e. The zero-order chi connectivity index (χ0) is 19.1. The van der Waals surface area contributed by atoms with Crippen molar-refractivity contribution in [3.8, 4) is 0 Å². The van der Waals surface area contributed by atoms with Gasteiger partial charge in [0.15, 0.2) is 0 Å². The summed E-state index contributed by atoms with van der Waals surface area (Å²) in [5.74, 6) is 0.110. The number of carbonyl (C=O) groups excluding carboxylic acids is 1. The molecule has 3 rings (SSSR count). The van der Waals surface area contributed by atoms with Crippen molar-refractivity contribution in [3.63, 3.8) is 0 Å². The summed E-state index contributed by atoms with van der Waals surface area (Å²) in [4.78, 5) is 12.1. The molecule has 3 unspecified atom stereocenters. The minimum atomic E-state index is -0.200. The Balaban J connectivity index is 1.35. The molecular weight excluding hydrogens is 341 g/mol. The molecule has 0 bridgehead atoms. The van der Waals surface area contributed by atoms with E-state index < -0.39 is 0 Å². The minimum absolute atomic E-state index is 0.0246. The normalized spacial score (nSPS) is 20.2. The lowest BCUT2D eigenvalue weighted by Gasteiger charge is -2.16. The summed E-state index contributed by atoms with van der Waals surface area (Å²) in [5.41, 5.74) is 8.38. The first-order chi connectivity index (χ1) is 13.1. The van der Waals surface area contributed by atoms with Crippen LogP contribution in [0.4, 0.5) is 9.18 Å². The third kappa shape index (κ3) is 6.07. The lowest BCUT2D eigenvalue weighted by molar-refractivity contribution is 0.236. The van der Waals surface area contributed by atoms with E-state index in [2.05, 4.69) is 22.8 Å². The number of hydrogen-bond donors (Lipinski definition) is 3. The Morgan fingerprint density at radius 1 is 1.15 bits per heavy atom. The molecule has 3 atom stereocenters. The second-order valence-corrected chi connectivity index (χ2v) is 7.40. The van der Waals surface area contributed by atoms with Gasteiger partial charge in [0.25, 0.3) is 0 Å². The highest BCUT2D eigenvalue weighted by Gasteiger charge is 2.27. The molecule has 5 heteroatoms. The van der Waals surface area contributed by atoms with Crippen LogP contribution < -0.4 is 16.4 Å². The molecule has 1 aliphatic carbocycles. The summed E-state index contributed by atoms with van der Waals surface area (Å²) < 4.78 is 13.4. The molecular formula is C22H28FN3O. The number of carbonyl (C=O) groups is 1. The lowest BCUT2D eigenvalue weighted by Crippen LogP contribution is -2.42. The SMILES string of the molecule is NC(CCNC(=O)NC1CCC(c2cccc(F)c2)C1)Cc1ccccc1. The summed E-state index contributed by atoms with van der Waals surface area (Å²) in [5, 5.41) is 5.93. The van der Waals surface area contributed by atoms with Crippen LogP contribution >= 0.6 is 0 Å². The minimum Gasteiger partial charge on any atom is -0.338 e. The van der Waals surface area contributed by atoms with Crippen molar-refractivity contribution in [1.82, 2.24) is 10.6 Å². The van der Waals surface area contributed by atoms with Gasteiger partial charge in [-0.3, -0.25) is 0 Å². The first-order valence-electron chi connectivity index (χ1n) is 9.69. The van der Waals surface area contributed by atoms with E-state index in [-0.39, 0.29) is 23.9 Å². The van der Waals surface area contributed by atoms with Gasteiger partial charge in [-0.25, -0.2) is 9.18 Å². The number of halogens is 1. The van der Waals surface area contributed by atoms with E-state index in [4.69, 9.17) is 5.73 Å². The summed E-state index contributed by atoms with van der Waals surface area (Å²) in [6, 6.07) is 16.9. The molecule has 1 aliphatic rings. The molecule has 27 heavy (non-hydrogen) atoms. The van der Waals surface area contributed by atoms with Crippen molar-refractivity contribution >= 4 is 6.03 Å². The summed E-state index contributed by atoms with van der Waals surface area (Å²) in [7, 11) is 0. The molecule has 0 aromatic heterocycles. The first kappa shape index (κ1) is 19.4. The summed E-state index contributed by atoms with van der Waals surface area (Å²) in [6.07, 6.45) is 4.28. The van der Waals surface area contributed by atoms with E-state index in [0.717, 1.165) is 37.7 Å². The predicted molar refractivity (Wildman–Crippen MR) is 106 cm³/mol. The molecule has 0 spiro atoms. The molecule has 4 nitrogen and oxygen atoms in total. The lowest BCUT2D eigenvalue weighted by atomic mass is 9.97. The number of amides is 2. The molecule has 144 valence electrons. The number of nitrogens with one attached hydrogen (secondary N) is 2. The molecule has 2 aromatic carbocycles. The Kier molecular flexibility index (Phi) is 6.82. The second kappa shape index (κ2) is 9.51. The van der Waals surface area contributed by atoms with Crippen molar-refractivity contribution in [2.24, 2.45) is 5.73 Å². The van der Waals surface area contributed by atoms with E-state index in [1.165, 1.54) is 11.6 Å². The summed E-state index contributed by atoms with van der Waals surface area (Å²) in [6.45, 7) is 0.555. The summed E-state index contributed by atoms with van der Waals surface area (Å²) >= 11 is 0. The molecule has 0 saturated heterocycles. The third-order valence-electron chi connectivity index (χ3n) is 5.23. The molecule has 2 aromatic rings. The maximum absolute atomic E-state index is 13.4. The van der Waals surface area contributed by atoms with Crippen molar-refractivity contribution in [1.29, 1.82) is 0 Å². The van der Waals surface area contributed by atoms with Crippen LogP contribution in [-0.2, 0) is 6.42 Å². The van der Waals surface area contributed by atoms with E-state index >= 15 is 0 Å². The number of urea groups is 1. The topological polar surface area (TPSA) is 67.1 Å². The van der Waals surface area contributed by atoms with Crippen LogP contribution in [0.25, 0.3) is 0 Å². The van der Waals surface area contributed by atoms with Crippen LogP contribution in [-0.4, -0.2) is 24.7 Å². The highest BCUT2D eigenvalue weighted by Crippen LogP contribution is 2.34. The van der Waals surface area contributed by atoms with Gasteiger partial charge in [0.2, 0.25) is 0 Å². The number of rotatable bonds is 7. The molecule has 1 fully saturated rings. The zero-order valence-electron chi connectivity index (χ0n) is 15.5. The quantitative estimate of drug-likeness (QED) is 0.696. The molecule has 0 radical (unpaired) electrons. The standard InChI is InChI=1S/C22H28FN3O/c23-19-8-4-7-17(14-19)18-9-10-21(15-18)26-22(27)25-12-11-20(24)13-16-5-2-1-3-6-16/h1-8,14,18,20-21H,9-13,15,24H2,(H2,25,26,27). The van der Waals surface area contributed by atoms with Crippen molar-refractivity contribution in [3.05, 3.63) is 71.5 Å². The highest BCUT2D eigenvalue weighted by atomic mass is 19.1. The van der Waals surface area contributed by atoms with E-state index in [1.807, 2.05) is 24.3 Å². The van der Waals surface area contributed by atoms with Gasteiger partial charge in [0, 0.05) is 18.6 Å². The fraction of sp³-hybridized carbons (Fsp3) is 0.409. The fourth-order valence-electron chi connectivity index (χ4n) is 3.80. The Bertz CT molecular complexity index is 737. The van der Waals surface area contributed by atoms with Crippen LogP contribution in [0, 0.1) is 5.82 Å². The van der Waals surface area contributed by atoms with Gasteiger partial charge < -0.3 is 16.4 Å². The van der Waals surface area contributed by atoms with E-state index in [1.54, 1.807) is 12.1 Å². The average molecular weight is 369 g/mol. The highest BCUT2D eigenvalue weighted by molar-refractivity contribution is 5.74. The monoisotopic (exact) mass is 369 g/mol. The van der Waals surface area contributed by atoms with Crippen LogP contribution in [0.1, 0.15) is 42.7 Å². The van der Waals surface area contributed by atoms with Crippen LogP contribution in [0.2, 0.25) is 0 Å². The maximum Gasteiger partial charge on any atom is 0.315 e. The molecule has 0 aliphatic heterocycles. The van der Waals surface area contributed by atoms with Crippen LogP contribution in [0.15, 0.2) is 54.6 Å². The van der Waals surface area contributed by atoms with E-state index in [0.29, 0.717) is 12.5 Å².